The summed E-state index contributed by atoms with van der Waals surface area (Å²) in [5.41, 5.74) is 0.167. The third-order valence-corrected chi connectivity index (χ3v) is 2.21. The fourth-order valence-electron chi connectivity index (χ4n) is 1.06. The van der Waals surface area contributed by atoms with E-state index in [2.05, 4.69) is 4.74 Å². The Hall–Kier alpha value is -1.42. The van der Waals surface area contributed by atoms with E-state index in [4.69, 9.17) is 11.6 Å². The van der Waals surface area contributed by atoms with E-state index in [0.29, 0.717) is 11.8 Å². The molecule has 0 aliphatic heterocycles. The molecule has 0 saturated heterocycles. The first-order valence-corrected chi connectivity index (χ1v) is 4.46. The van der Waals surface area contributed by atoms with E-state index < -0.39 is 11.8 Å². The number of hydrogen-bond acceptors (Lipinski definition) is 3. The number of aldehydes is 1. The summed E-state index contributed by atoms with van der Waals surface area (Å²) in [5.74, 6) is -1.22. The smallest absolute Gasteiger partial charge is 0.310 e. The Morgan fingerprint density at radius 2 is 2.27 bits per heavy atom. The van der Waals surface area contributed by atoms with Crippen LogP contribution in [0.3, 0.4) is 0 Å². The highest BCUT2D eigenvalue weighted by Crippen LogP contribution is 2.20. The summed E-state index contributed by atoms with van der Waals surface area (Å²) >= 11 is 5.75. The monoisotopic (exact) mass is 230 g/mol. The van der Waals surface area contributed by atoms with E-state index in [9.17, 15) is 14.0 Å². The number of benzene rings is 1. The van der Waals surface area contributed by atoms with E-state index >= 15 is 0 Å². The van der Waals surface area contributed by atoms with Gasteiger partial charge in [0.1, 0.15) is 5.82 Å². The normalized spacial score (nSPS) is 9.80. The molecule has 3 nitrogen and oxygen atoms in total. The van der Waals surface area contributed by atoms with Gasteiger partial charge in [-0.05, 0) is 17.7 Å². The van der Waals surface area contributed by atoms with Gasteiger partial charge in [-0.2, -0.15) is 0 Å². The van der Waals surface area contributed by atoms with Gasteiger partial charge in [-0.3, -0.25) is 9.59 Å². The molecule has 0 bridgehead atoms. The second-order valence-corrected chi connectivity index (χ2v) is 3.24. The molecule has 0 spiro atoms. The van der Waals surface area contributed by atoms with Crippen LogP contribution in [-0.4, -0.2) is 19.4 Å². The van der Waals surface area contributed by atoms with Crippen molar-refractivity contribution in [3.05, 3.63) is 34.1 Å². The molecule has 0 amide bonds. The highest BCUT2D eigenvalue weighted by molar-refractivity contribution is 6.31. The van der Waals surface area contributed by atoms with Gasteiger partial charge in [0.05, 0.1) is 19.1 Å². The quantitative estimate of drug-likeness (QED) is 0.589. The van der Waals surface area contributed by atoms with Crippen molar-refractivity contribution in [2.24, 2.45) is 0 Å². The Balaban J connectivity index is 3.05. The maximum atomic E-state index is 13.1. The van der Waals surface area contributed by atoms with Crippen LogP contribution in [0.5, 0.6) is 0 Å². The number of halogens is 2. The van der Waals surface area contributed by atoms with Crippen LogP contribution in [0.2, 0.25) is 5.02 Å². The van der Waals surface area contributed by atoms with Crippen LogP contribution in [-0.2, 0) is 16.0 Å². The average molecular weight is 231 g/mol. The lowest BCUT2D eigenvalue weighted by Gasteiger charge is -2.04. The molecule has 15 heavy (non-hydrogen) atoms. The minimum atomic E-state index is -0.701. The van der Waals surface area contributed by atoms with Crippen LogP contribution in [0.25, 0.3) is 0 Å². The molecule has 0 heterocycles. The lowest BCUT2D eigenvalue weighted by atomic mass is 10.1. The Labute approximate surface area is 90.8 Å². The maximum Gasteiger partial charge on any atom is 0.310 e. The molecule has 0 aromatic heterocycles. The number of hydrogen-bond donors (Lipinski definition) is 0. The van der Waals surface area contributed by atoms with E-state index in [1.54, 1.807) is 0 Å². The standard InChI is InChI=1S/C10H8ClFO3/c1-15-10(14)4-6-3-9(12)7(5-13)2-8(6)11/h2-3,5H,4H2,1H3. The van der Waals surface area contributed by atoms with Gasteiger partial charge in [-0.1, -0.05) is 11.6 Å². The number of methoxy groups -OCH3 is 1. The van der Waals surface area contributed by atoms with Crippen molar-refractivity contribution in [3.8, 4) is 0 Å². The highest BCUT2D eigenvalue weighted by Gasteiger charge is 2.11. The van der Waals surface area contributed by atoms with Crippen LogP contribution in [0, 0.1) is 5.82 Å². The van der Waals surface area contributed by atoms with Crippen molar-refractivity contribution in [3.63, 3.8) is 0 Å². The summed E-state index contributed by atoms with van der Waals surface area (Å²) in [7, 11) is 1.23. The predicted octanol–water partition coefficient (Wildman–Crippen LogP) is 2.01. The van der Waals surface area contributed by atoms with Crippen LogP contribution in [0.15, 0.2) is 12.1 Å². The van der Waals surface area contributed by atoms with E-state index in [1.165, 1.54) is 13.2 Å². The zero-order valence-electron chi connectivity index (χ0n) is 7.92. The summed E-state index contributed by atoms with van der Waals surface area (Å²) in [4.78, 5) is 21.3. The Morgan fingerprint density at radius 3 is 2.80 bits per heavy atom. The molecule has 0 aliphatic carbocycles. The van der Waals surface area contributed by atoms with Crippen LogP contribution in [0.4, 0.5) is 4.39 Å². The SMILES string of the molecule is COC(=O)Cc1cc(F)c(C=O)cc1Cl. The van der Waals surface area contributed by atoms with E-state index in [-0.39, 0.29) is 17.0 Å². The molecule has 0 fully saturated rings. The Morgan fingerprint density at radius 1 is 1.60 bits per heavy atom. The molecule has 0 saturated carbocycles. The Kier molecular flexibility index (Phi) is 3.80. The van der Waals surface area contributed by atoms with Gasteiger partial charge in [-0.15, -0.1) is 0 Å². The molecule has 0 atom stereocenters. The zero-order valence-corrected chi connectivity index (χ0v) is 8.68. The lowest BCUT2D eigenvalue weighted by molar-refractivity contribution is -0.139. The molecule has 5 heteroatoms. The minimum Gasteiger partial charge on any atom is -0.469 e. The van der Waals surface area contributed by atoms with Crippen molar-refractivity contribution in [1.29, 1.82) is 0 Å². The van der Waals surface area contributed by atoms with Crippen LogP contribution >= 0.6 is 11.6 Å². The van der Waals surface area contributed by atoms with Crippen molar-refractivity contribution in [2.45, 2.75) is 6.42 Å². The molecular weight excluding hydrogens is 223 g/mol. The predicted molar refractivity (Wildman–Crippen MR) is 52.5 cm³/mol. The third kappa shape index (κ3) is 2.76. The summed E-state index contributed by atoms with van der Waals surface area (Å²) < 4.78 is 17.6. The van der Waals surface area contributed by atoms with Crippen molar-refractivity contribution >= 4 is 23.9 Å². The van der Waals surface area contributed by atoms with Crippen molar-refractivity contribution in [1.82, 2.24) is 0 Å². The molecule has 0 radical (unpaired) electrons. The molecule has 1 aromatic rings. The fourth-order valence-corrected chi connectivity index (χ4v) is 1.30. The van der Waals surface area contributed by atoms with Gasteiger partial charge < -0.3 is 4.74 Å². The summed E-state index contributed by atoms with van der Waals surface area (Å²) in [6, 6.07) is 2.24. The Bertz CT molecular complexity index is 404. The van der Waals surface area contributed by atoms with Gasteiger partial charge in [0, 0.05) is 5.02 Å². The molecular formula is C10H8ClFO3. The first-order chi connectivity index (χ1) is 7.08. The van der Waals surface area contributed by atoms with Crippen molar-refractivity contribution in [2.75, 3.05) is 7.11 Å². The molecule has 80 valence electrons. The van der Waals surface area contributed by atoms with E-state index in [1.807, 2.05) is 0 Å². The number of carbonyl (C=O) groups is 2. The average Bonchev–Trinajstić information content (AvgIpc) is 2.22. The van der Waals surface area contributed by atoms with Gasteiger partial charge in [-0.25, -0.2) is 4.39 Å². The summed E-state index contributed by atoms with van der Waals surface area (Å²) in [6.45, 7) is 0. The van der Waals surface area contributed by atoms with Crippen LogP contribution in [0.1, 0.15) is 15.9 Å². The largest absolute Gasteiger partial charge is 0.469 e. The fraction of sp³-hybridized carbons (Fsp3) is 0.200. The van der Waals surface area contributed by atoms with Crippen molar-refractivity contribution < 1.29 is 18.7 Å². The van der Waals surface area contributed by atoms with Gasteiger partial charge in [0.25, 0.3) is 0 Å². The lowest BCUT2D eigenvalue weighted by Crippen LogP contribution is -2.06. The zero-order chi connectivity index (χ0) is 11.4. The maximum absolute atomic E-state index is 13.1. The number of rotatable bonds is 3. The molecule has 0 N–H and O–H groups in total. The number of ether oxygens (including phenoxy) is 1. The number of carbonyl (C=O) groups excluding carboxylic acids is 2. The second kappa shape index (κ2) is 4.89. The van der Waals surface area contributed by atoms with Gasteiger partial charge in [0.15, 0.2) is 6.29 Å². The number of esters is 1. The molecule has 0 unspecified atom stereocenters. The molecule has 0 aliphatic rings. The topological polar surface area (TPSA) is 43.4 Å². The molecule has 1 rings (SSSR count). The minimum absolute atomic E-state index is 0.120. The van der Waals surface area contributed by atoms with Gasteiger partial charge in [0.2, 0.25) is 0 Å². The van der Waals surface area contributed by atoms with Gasteiger partial charge >= 0.3 is 5.97 Å². The summed E-state index contributed by atoms with van der Waals surface area (Å²) in [6.07, 6.45) is 0.245. The first kappa shape index (κ1) is 11.7. The van der Waals surface area contributed by atoms with E-state index in [0.717, 1.165) is 6.07 Å². The third-order valence-electron chi connectivity index (χ3n) is 1.86. The molecule has 1 aromatic carbocycles. The first-order valence-electron chi connectivity index (χ1n) is 4.08. The summed E-state index contributed by atoms with van der Waals surface area (Å²) in [5, 5.41) is 0.170. The van der Waals surface area contributed by atoms with Crippen LogP contribution < -0.4 is 0 Å². The second-order valence-electron chi connectivity index (χ2n) is 2.84. The highest BCUT2D eigenvalue weighted by atomic mass is 35.5.